The monoisotopic (exact) mass is 523 g/mol. The van der Waals surface area contributed by atoms with Gasteiger partial charge in [0.1, 0.15) is 16.6 Å². The fourth-order valence-electron chi connectivity index (χ4n) is 3.13. The molecule has 0 aliphatic heterocycles. The van der Waals surface area contributed by atoms with Crippen molar-refractivity contribution in [2.45, 2.75) is 29.9 Å². The minimum atomic E-state index is -4.66. The van der Waals surface area contributed by atoms with Gasteiger partial charge in [0.2, 0.25) is 0 Å². The number of aromatic amines is 1. The molecular weight excluding hydrogens is 509 g/mol. The molecule has 11 heteroatoms. The van der Waals surface area contributed by atoms with Crippen LogP contribution < -0.4 is 11.2 Å². The number of aromatic nitrogens is 2. The van der Waals surface area contributed by atoms with Gasteiger partial charge in [-0.05, 0) is 42.8 Å². The van der Waals surface area contributed by atoms with Gasteiger partial charge in [0.25, 0.3) is 5.56 Å². The second kappa shape index (κ2) is 8.68. The number of rotatable bonds is 5. The summed E-state index contributed by atoms with van der Waals surface area (Å²) in [6.45, 7) is 1.45. The Hall–Kier alpha value is -1.91. The molecule has 3 aromatic rings. The van der Waals surface area contributed by atoms with E-state index >= 15 is 0 Å². The largest absolute Gasteiger partial charge is 0.416 e. The van der Waals surface area contributed by atoms with Crippen molar-refractivity contribution >= 4 is 49.2 Å². The number of nitrogens with one attached hydrogen (secondary N) is 1. The number of alkyl halides is 4. The van der Waals surface area contributed by atoms with Gasteiger partial charge in [0.15, 0.2) is 4.90 Å². The van der Waals surface area contributed by atoms with Crippen LogP contribution in [-0.2, 0) is 33.1 Å². The third kappa shape index (κ3) is 4.40. The zero-order chi connectivity index (χ0) is 22.2. The number of fused-ring (bicyclic) bond motifs is 1. The van der Waals surface area contributed by atoms with Crippen LogP contribution in [0.4, 0.5) is 13.2 Å². The summed E-state index contributed by atoms with van der Waals surface area (Å²) in [6.07, 6.45) is -4.66. The third-order valence-corrected chi connectivity index (χ3v) is 6.97. The fourth-order valence-corrected chi connectivity index (χ4v) is 4.82. The number of hydrogen-bond acceptors (Lipinski definition) is 3. The average molecular weight is 525 g/mol. The van der Waals surface area contributed by atoms with Gasteiger partial charge in [-0.15, -0.1) is 4.21 Å². The molecule has 1 unspecified atom stereocenters. The van der Waals surface area contributed by atoms with Crippen molar-refractivity contribution in [3.63, 3.8) is 0 Å². The van der Waals surface area contributed by atoms with Crippen molar-refractivity contribution in [2.75, 3.05) is 5.75 Å². The van der Waals surface area contributed by atoms with Gasteiger partial charge in [-0.2, -0.15) is 13.2 Å². The minimum absolute atomic E-state index is 0.00894. The van der Waals surface area contributed by atoms with E-state index in [1.807, 2.05) is 0 Å². The molecule has 30 heavy (non-hydrogen) atoms. The predicted octanol–water partition coefficient (Wildman–Crippen LogP) is 4.38. The molecule has 5 nitrogen and oxygen atoms in total. The summed E-state index contributed by atoms with van der Waals surface area (Å²) in [4.78, 5) is 28.4. The Bertz CT molecular complexity index is 1270. The first-order valence-electron chi connectivity index (χ1n) is 8.72. The van der Waals surface area contributed by atoms with E-state index in [-0.39, 0.29) is 28.3 Å². The molecular formula is C19H16BrClF3N2O3S+. The molecule has 0 spiro atoms. The number of hydrogen-bond donors (Lipinski definition) is 1. The quantitative estimate of drug-likeness (QED) is 0.306. The van der Waals surface area contributed by atoms with Gasteiger partial charge in [0, 0.05) is 15.9 Å². The van der Waals surface area contributed by atoms with Crippen LogP contribution in [0.15, 0.2) is 44.8 Å². The summed E-state index contributed by atoms with van der Waals surface area (Å²) in [6, 6.07) is 6.48. The van der Waals surface area contributed by atoms with Crippen LogP contribution in [0.1, 0.15) is 23.6 Å². The summed E-state index contributed by atoms with van der Waals surface area (Å²) in [5.41, 5.74) is -2.32. The van der Waals surface area contributed by atoms with Gasteiger partial charge in [0.05, 0.1) is 23.0 Å². The van der Waals surface area contributed by atoms with E-state index in [2.05, 4.69) is 20.9 Å². The molecule has 0 fully saturated rings. The van der Waals surface area contributed by atoms with Crippen LogP contribution in [0.3, 0.4) is 0 Å². The highest BCUT2D eigenvalue weighted by Crippen LogP contribution is 2.34. The average Bonchev–Trinajstić information content (AvgIpc) is 2.69. The van der Waals surface area contributed by atoms with Gasteiger partial charge < -0.3 is 4.98 Å². The van der Waals surface area contributed by atoms with Crippen molar-refractivity contribution < 1.29 is 17.4 Å². The molecule has 0 saturated carbocycles. The molecule has 1 N–H and O–H groups in total. The van der Waals surface area contributed by atoms with Crippen LogP contribution in [0.2, 0.25) is 5.02 Å². The molecule has 1 heterocycles. The van der Waals surface area contributed by atoms with Crippen molar-refractivity contribution in [1.82, 2.24) is 9.55 Å². The maximum absolute atomic E-state index is 13.4. The van der Waals surface area contributed by atoms with E-state index in [9.17, 15) is 27.0 Å². The highest BCUT2D eigenvalue weighted by molar-refractivity contribution is 9.08. The lowest BCUT2D eigenvalue weighted by Crippen LogP contribution is -2.36. The fraction of sp³-hybridized carbons (Fsp3) is 0.263. The van der Waals surface area contributed by atoms with Crippen LogP contribution in [0.5, 0.6) is 0 Å². The van der Waals surface area contributed by atoms with Crippen LogP contribution in [0.25, 0.3) is 10.9 Å². The maximum Gasteiger partial charge on any atom is 0.416 e. The smallest absolute Gasteiger partial charge is 0.307 e. The Morgan fingerprint density at radius 2 is 1.87 bits per heavy atom. The van der Waals surface area contributed by atoms with E-state index in [0.717, 1.165) is 16.7 Å². The summed E-state index contributed by atoms with van der Waals surface area (Å²) < 4.78 is 53.3. The topological polar surface area (TPSA) is 71.9 Å². The number of H-pyrrole nitrogens is 1. The van der Waals surface area contributed by atoms with Gasteiger partial charge >= 0.3 is 11.9 Å². The van der Waals surface area contributed by atoms with Crippen LogP contribution >= 0.6 is 27.5 Å². The summed E-state index contributed by atoms with van der Waals surface area (Å²) >= 11 is 9.01. The number of thiol groups is 1. The van der Waals surface area contributed by atoms with E-state index in [0.29, 0.717) is 21.2 Å². The number of benzene rings is 2. The highest BCUT2D eigenvalue weighted by Gasteiger charge is 2.34. The second-order valence-corrected chi connectivity index (χ2v) is 9.34. The predicted molar refractivity (Wildman–Crippen MR) is 115 cm³/mol. The standard InChI is InChI=1S/C19H15BrClF3N2O3S/c1-2-30(29)16-4-3-12(21)5-11(16)9-26-17(27)13-7-14(19(22,23)24)10(8-20)6-15(13)25-18(26)28/h3-7H,2,8-9H2,1H3,(H,25,28)/p+1. The van der Waals surface area contributed by atoms with Crippen LogP contribution in [0, 0.1) is 0 Å². The minimum Gasteiger partial charge on any atom is -0.307 e. The normalized spacial score (nSPS) is 13.0. The number of halogens is 5. The molecule has 0 aliphatic rings. The maximum atomic E-state index is 13.4. The Balaban J connectivity index is 2.24. The van der Waals surface area contributed by atoms with Gasteiger partial charge in [-0.1, -0.05) is 27.5 Å². The number of nitrogens with zero attached hydrogens (tertiary/aromatic N) is 1. The highest BCUT2D eigenvalue weighted by atomic mass is 79.9. The lowest BCUT2D eigenvalue weighted by Gasteiger charge is -2.14. The summed E-state index contributed by atoms with van der Waals surface area (Å²) in [7, 11) is -1.77. The molecule has 0 amide bonds. The Morgan fingerprint density at radius 1 is 1.17 bits per heavy atom. The zero-order valence-electron chi connectivity index (χ0n) is 15.5. The van der Waals surface area contributed by atoms with Gasteiger partial charge in [-0.25, -0.2) is 4.79 Å². The van der Waals surface area contributed by atoms with Crippen molar-refractivity contribution in [3.05, 3.63) is 72.9 Å². The molecule has 0 radical (unpaired) electrons. The zero-order valence-corrected chi connectivity index (χ0v) is 18.8. The lowest BCUT2D eigenvalue weighted by molar-refractivity contribution is -0.138. The summed E-state index contributed by atoms with van der Waals surface area (Å²) in [5.74, 6) is 0.344. The molecule has 160 valence electrons. The molecule has 0 aliphatic carbocycles. The molecule has 3 rings (SSSR count). The lowest BCUT2D eigenvalue weighted by atomic mass is 10.1. The Labute approximate surface area is 184 Å². The van der Waals surface area contributed by atoms with Crippen molar-refractivity contribution in [2.24, 2.45) is 0 Å². The second-order valence-electron chi connectivity index (χ2n) is 6.48. The summed E-state index contributed by atoms with van der Waals surface area (Å²) in [5, 5.41) is -0.0475. The van der Waals surface area contributed by atoms with E-state index in [1.165, 1.54) is 6.07 Å². The SMILES string of the molecule is CC[SH+](=O)c1ccc(Cl)cc1Cn1c(=O)[nH]c2cc(CBr)c(C(F)(F)F)cc2c1=O. The third-order valence-electron chi connectivity index (χ3n) is 4.58. The van der Waals surface area contributed by atoms with Crippen molar-refractivity contribution in [1.29, 1.82) is 0 Å². The first-order chi connectivity index (χ1) is 14.1. The molecule has 0 bridgehead atoms. The Kier molecular flexibility index (Phi) is 6.59. The Morgan fingerprint density at radius 3 is 2.47 bits per heavy atom. The van der Waals surface area contributed by atoms with E-state index in [1.54, 1.807) is 19.1 Å². The van der Waals surface area contributed by atoms with E-state index in [4.69, 9.17) is 11.6 Å². The van der Waals surface area contributed by atoms with Crippen LogP contribution in [-0.4, -0.2) is 15.3 Å². The molecule has 2 aromatic carbocycles. The molecule has 1 aromatic heterocycles. The van der Waals surface area contributed by atoms with Gasteiger partial charge in [-0.3, -0.25) is 9.36 Å². The molecule has 1 atom stereocenters. The molecule has 0 saturated heterocycles. The first-order valence-corrected chi connectivity index (χ1v) is 11.7. The van der Waals surface area contributed by atoms with E-state index < -0.39 is 33.8 Å². The van der Waals surface area contributed by atoms with Crippen molar-refractivity contribution in [3.8, 4) is 0 Å². The first kappa shape index (κ1) is 22.8.